The second-order valence-electron chi connectivity index (χ2n) is 14.0. The molecule has 9 aromatic carbocycles. The highest BCUT2D eigenvalue weighted by Gasteiger charge is 2.19. The number of fused-ring (bicyclic) bond motifs is 2. The van der Waals surface area contributed by atoms with Crippen LogP contribution < -0.4 is 0 Å². The molecular weight excluding hydrogens is 679 g/mol. The minimum atomic E-state index is 0.622. The van der Waals surface area contributed by atoms with Crippen LogP contribution in [0.4, 0.5) is 0 Å². The molecule has 0 aliphatic rings. The van der Waals surface area contributed by atoms with Crippen LogP contribution in [0.3, 0.4) is 0 Å². The Morgan fingerprint density at radius 2 is 0.607 bits per heavy atom. The lowest BCUT2D eigenvalue weighted by Gasteiger charge is -2.17. The third-order valence-corrected chi connectivity index (χ3v) is 10.5. The smallest absolute Gasteiger partial charge is 0.164 e. The van der Waals surface area contributed by atoms with Gasteiger partial charge in [-0.2, -0.15) is 0 Å². The van der Waals surface area contributed by atoms with Gasteiger partial charge in [-0.05, 0) is 72.6 Å². The monoisotopic (exact) mass is 713 g/mol. The average molecular weight is 714 g/mol. The molecule has 0 unspecified atom stereocenters. The van der Waals surface area contributed by atoms with E-state index in [1.807, 2.05) is 6.07 Å². The molecule has 56 heavy (non-hydrogen) atoms. The van der Waals surface area contributed by atoms with Crippen LogP contribution in [0.15, 0.2) is 212 Å². The SMILES string of the molecule is c1ccc(-c2ccc(-c3nc(-c4ccc(-c5ccc6ccccc6c5)cc4)nc(-c4cccc(-c5ccccc5)c4-c4ccc5ccccc5c4)n3)cc2)cc1. The van der Waals surface area contributed by atoms with E-state index in [0.717, 1.165) is 50.1 Å². The Labute approximate surface area is 326 Å². The van der Waals surface area contributed by atoms with Gasteiger partial charge in [0, 0.05) is 22.3 Å². The molecule has 0 saturated heterocycles. The summed E-state index contributed by atoms with van der Waals surface area (Å²) < 4.78 is 0. The van der Waals surface area contributed by atoms with Gasteiger partial charge in [-0.3, -0.25) is 0 Å². The third kappa shape index (κ3) is 6.42. The molecule has 0 N–H and O–H groups in total. The lowest BCUT2D eigenvalue weighted by Crippen LogP contribution is -2.02. The van der Waals surface area contributed by atoms with Crippen LogP contribution in [-0.4, -0.2) is 15.0 Å². The van der Waals surface area contributed by atoms with Crippen molar-refractivity contribution in [3.8, 4) is 78.7 Å². The van der Waals surface area contributed by atoms with Gasteiger partial charge in [0.05, 0.1) is 0 Å². The number of hydrogen-bond donors (Lipinski definition) is 0. The van der Waals surface area contributed by atoms with Crippen molar-refractivity contribution < 1.29 is 0 Å². The fourth-order valence-corrected chi connectivity index (χ4v) is 7.63. The summed E-state index contributed by atoms with van der Waals surface area (Å²) in [6.45, 7) is 0. The fourth-order valence-electron chi connectivity index (χ4n) is 7.63. The number of nitrogens with zero attached hydrogens (tertiary/aromatic N) is 3. The number of benzene rings is 9. The Kier molecular flexibility index (Phi) is 8.51. The van der Waals surface area contributed by atoms with Gasteiger partial charge >= 0.3 is 0 Å². The molecule has 1 aromatic heterocycles. The number of hydrogen-bond acceptors (Lipinski definition) is 3. The predicted molar refractivity (Wildman–Crippen MR) is 233 cm³/mol. The van der Waals surface area contributed by atoms with E-state index in [2.05, 4.69) is 206 Å². The van der Waals surface area contributed by atoms with E-state index in [4.69, 9.17) is 15.0 Å². The van der Waals surface area contributed by atoms with Gasteiger partial charge < -0.3 is 0 Å². The van der Waals surface area contributed by atoms with Crippen molar-refractivity contribution in [2.75, 3.05) is 0 Å². The van der Waals surface area contributed by atoms with E-state index in [-0.39, 0.29) is 0 Å². The molecule has 0 bridgehead atoms. The second-order valence-corrected chi connectivity index (χ2v) is 14.0. The molecule has 10 aromatic rings. The van der Waals surface area contributed by atoms with Crippen LogP contribution in [0, 0.1) is 0 Å². The Morgan fingerprint density at radius 3 is 1.20 bits per heavy atom. The molecule has 3 heteroatoms. The quantitative estimate of drug-likeness (QED) is 0.165. The highest BCUT2D eigenvalue weighted by Crippen LogP contribution is 2.41. The maximum Gasteiger partial charge on any atom is 0.164 e. The first kappa shape index (κ1) is 33.1. The van der Waals surface area contributed by atoms with Crippen molar-refractivity contribution in [1.82, 2.24) is 15.0 Å². The molecule has 0 aliphatic heterocycles. The highest BCUT2D eigenvalue weighted by atomic mass is 15.0. The summed E-state index contributed by atoms with van der Waals surface area (Å²) in [6.07, 6.45) is 0. The van der Waals surface area contributed by atoms with Crippen LogP contribution in [-0.2, 0) is 0 Å². The van der Waals surface area contributed by atoms with Crippen LogP contribution in [0.1, 0.15) is 0 Å². The topological polar surface area (TPSA) is 38.7 Å². The second kappa shape index (κ2) is 14.4. The Bertz CT molecular complexity index is 2990. The lowest BCUT2D eigenvalue weighted by atomic mass is 9.89. The molecule has 0 radical (unpaired) electrons. The van der Waals surface area contributed by atoms with Gasteiger partial charge in [0.1, 0.15) is 0 Å². The molecule has 1 heterocycles. The average Bonchev–Trinajstić information content (AvgIpc) is 3.29. The number of rotatable bonds is 7. The molecule has 262 valence electrons. The summed E-state index contributed by atoms with van der Waals surface area (Å²) in [5, 5.41) is 4.83. The molecule has 0 saturated carbocycles. The summed E-state index contributed by atoms with van der Waals surface area (Å²) in [4.78, 5) is 15.7. The predicted octanol–water partition coefficient (Wildman–Crippen LogP) is 13.8. The first-order valence-electron chi connectivity index (χ1n) is 18.9. The van der Waals surface area contributed by atoms with Crippen LogP contribution in [0.2, 0.25) is 0 Å². The standard InChI is InChI=1S/C53H35N3/c1-3-12-36(13-4-1)39-22-28-42(29-23-39)51-54-52(43-30-24-40(25-31-43)46-32-26-37-14-7-9-18-44(37)34-46)56-53(55-51)49-21-11-20-48(41-16-5-2-6-17-41)50(49)47-33-27-38-15-8-10-19-45(38)35-47/h1-35H. The Hall–Kier alpha value is -7.49. The van der Waals surface area contributed by atoms with Crippen molar-refractivity contribution in [3.63, 3.8) is 0 Å². The lowest BCUT2D eigenvalue weighted by molar-refractivity contribution is 1.07. The van der Waals surface area contributed by atoms with E-state index in [1.165, 1.54) is 32.7 Å². The van der Waals surface area contributed by atoms with Crippen molar-refractivity contribution in [1.29, 1.82) is 0 Å². The van der Waals surface area contributed by atoms with Crippen molar-refractivity contribution in [2.24, 2.45) is 0 Å². The van der Waals surface area contributed by atoms with Crippen LogP contribution in [0.5, 0.6) is 0 Å². The molecule has 0 atom stereocenters. The first-order chi connectivity index (χ1) is 27.7. The van der Waals surface area contributed by atoms with Crippen molar-refractivity contribution >= 4 is 21.5 Å². The molecule has 0 amide bonds. The summed E-state index contributed by atoms with van der Waals surface area (Å²) in [5.41, 5.74) is 11.8. The number of aromatic nitrogens is 3. The van der Waals surface area contributed by atoms with E-state index in [1.54, 1.807) is 0 Å². The van der Waals surface area contributed by atoms with Gasteiger partial charge in [0.2, 0.25) is 0 Å². The molecule has 10 rings (SSSR count). The maximum absolute atomic E-state index is 5.27. The van der Waals surface area contributed by atoms with Gasteiger partial charge in [0.15, 0.2) is 17.5 Å². The molecule has 0 spiro atoms. The Morgan fingerprint density at radius 1 is 0.214 bits per heavy atom. The van der Waals surface area contributed by atoms with Gasteiger partial charge in [-0.25, -0.2) is 15.0 Å². The van der Waals surface area contributed by atoms with E-state index >= 15 is 0 Å². The minimum absolute atomic E-state index is 0.622. The molecular formula is C53H35N3. The van der Waals surface area contributed by atoms with Crippen molar-refractivity contribution in [2.45, 2.75) is 0 Å². The molecule has 3 nitrogen and oxygen atoms in total. The summed E-state index contributed by atoms with van der Waals surface area (Å²) >= 11 is 0. The summed E-state index contributed by atoms with van der Waals surface area (Å²) in [5.74, 6) is 1.87. The normalized spacial score (nSPS) is 11.2. The van der Waals surface area contributed by atoms with Crippen molar-refractivity contribution in [3.05, 3.63) is 212 Å². The van der Waals surface area contributed by atoms with Gasteiger partial charge in [-0.1, -0.05) is 200 Å². The maximum atomic E-state index is 5.27. The van der Waals surface area contributed by atoms with Gasteiger partial charge in [0.25, 0.3) is 0 Å². The summed E-state index contributed by atoms with van der Waals surface area (Å²) in [6, 6.07) is 74.8. The Balaban J connectivity index is 1.15. The summed E-state index contributed by atoms with van der Waals surface area (Å²) in [7, 11) is 0. The zero-order chi connectivity index (χ0) is 37.3. The van der Waals surface area contributed by atoms with Crippen LogP contribution >= 0.6 is 0 Å². The first-order valence-corrected chi connectivity index (χ1v) is 18.9. The van der Waals surface area contributed by atoms with Gasteiger partial charge in [-0.15, -0.1) is 0 Å². The highest BCUT2D eigenvalue weighted by molar-refractivity contribution is 5.97. The minimum Gasteiger partial charge on any atom is -0.208 e. The van der Waals surface area contributed by atoms with Crippen LogP contribution in [0.25, 0.3) is 100 Å². The molecule has 0 fully saturated rings. The fraction of sp³-hybridized carbons (Fsp3) is 0. The largest absolute Gasteiger partial charge is 0.208 e. The van der Waals surface area contributed by atoms with E-state index in [0.29, 0.717) is 17.5 Å². The third-order valence-electron chi connectivity index (χ3n) is 10.5. The van der Waals surface area contributed by atoms with E-state index in [9.17, 15) is 0 Å². The zero-order valence-corrected chi connectivity index (χ0v) is 30.5. The molecule has 0 aliphatic carbocycles. The zero-order valence-electron chi connectivity index (χ0n) is 30.5. The van der Waals surface area contributed by atoms with E-state index < -0.39 is 0 Å².